The van der Waals surface area contributed by atoms with Gasteiger partial charge in [-0.05, 0) is 0 Å². The topological polar surface area (TPSA) is 0 Å². The number of rotatable bonds is 1. The summed E-state index contributed by atoms with van der Waals surface area (Å²) in [5.41, 5.74) is 1.60. The van der Waals surface area contributed by atoms with Crippen molar-refractivity contribution in [3.8, 4) is 0 Å². The minimum Gasteiger partial charge on any atom is -0.168 e. The molecular weight excluding hydrogens is 175 g/mol. The van der Waals surface area contributed by atoms with Crippen molar-refractivity contribution in [2.75, 3.05) is 0 Å². The Kier molecular flexibility index (Phi) is 3.29. The van der Waals surface area contributed by atoms with Crippen LogP contribution >= 0.6 is 0 Å². The van der Waals surface area contributed by atoms with Crippen molar-refractivity contribution >= 4 is 10.8 Å². The van der Waals surface area contributed by atoms with E-state index in [9.17, 15) is 0 Å². The Morgan fingerprint density at radius 3 is 2.53 bits per heavy atom. The maximum absolute atomic E-state index is 2.33. The first-order valence-corrected chi connectivity index (χ1v) is 5.59. The molecule has 0 amide bonds. The summed E-state index contributed by atoms with van der Waals surface area (Å²) in [6, 6.07) is 13.4. The zero-order chi connectivity index (χ0) is 9.38. The zero-order valence-corrected chi connectivity index (χ0v) is 9.37. The fourth-order valence-electron chi connectivity index (χ4n) is 2.77. The summed E-state index contributed by atoms with van der Waals surface area (Å²) < 4.78 is 0. The predicted molar refractivity (Wildman–Crippen MR) is 60.8 cm³/mol. The van der Waals surface area contributed by atoms with Gasteiger partial charge in [-0.15, -0.1) is 40.6 Å². The molecule has 1 heteroatoms. The fraction of sp³-hybridized carbons (Fsp3) is 0.357. The van der Waals surface area contributed by atoms with Crippen molar-refractivity contribution in [3.05, 3.63) is 42.0 Å². The fourth-order valence-corrected chi connectivity index (χ4v) is 2.77. The second-order valence-electron chi connectivity index (χ2n) is 4.36. The van der Waals surface area contributed by atoms with Gasteiger partial charge in [0.2, 0.25) is 0 Å². The van der Waals surface area contributed by atoms with E-state index in [1.54, 1.807) is 5.56 Å². The molecule has 0 heterocycles. The van der Waals surface area contributed by atoms with Crippen LogP contribution in [0.3, 0.4) is 0 Å². The van der Waals surface area contributed by atoms with Crippen LogP contribution < -0.4 is 18.9 Å². The van der Waals surface area contributed by atoms with Gasteiger partial charge in [0, 0.05) is 0 Å². The quantitative estimate of drug-likeness (QED) is 0.468. The molecule has 0 radical (unpaired) electrons. The van der Waals surface area contributed by atoms with E-state index in [2.05, 4.69) is 36.4 Å². The van der Waals surface area contributed by atoms with Gasteiger partial charge in [-0.2, -0.15) is 6.07 Å². The number of benzene rings is 1. The van der Waals surface area contributed by atoms with Crippen molar-refractivity contribution in [2.45, 2.75) is 31.6 Å². The number of fused-ring (bicyclic) bond motifs is 1. The largest absolute Gasteiger partial charge is 1.00 e. The zero-order valence-electron chi connectivity index (χ0n) is 9.37. The molecule has 2 aromatic rings. The molecular formula is C14H15Li. The molecule has 1 fully saturated rings. The third-order valence-electron chi connectivity index (χ3n) is 3.51. The van der Waals surface area contributed by atoms with E-state index in [1.807, 2.05) is 0 Å². The number of hydrogen-bond acceptors (Lipinski definition) is 0. The molecule has 0 saturated heterocycles. The molecule has 0 nitrogen and oxygen atoms in total. The van der Waals surface area contributed by atoms with E-state index in [0.717, 1.165) is 5.92 Å². The van der Waals surface area contributed by atoms with Crippen LogP contribution in [0.4, 0.5) is 0 Å². The van der Waals surface area contributed by atoms with Gasteiger partial charge >= 0.3 is 18.9 Å². The van der Waals surface area contributed by atoms with Crippen molar-refractivity contribution in [2.24, 2.45) is 0 Å². The molecule has 0 bridgehead atoms. The second-order valence-corrected chi connectivity index (χ2v) is 4.36. The smallest absolute Gasteiger partial charge is 0.168 e. The minimum atomic E-state index is 0. The molecule has 0 unspecified atom stereocenters. The maximum atomic E-state index is 2.33. The molecule has 0 aromatic heterocycles. The van der Waals surface area contributed by atoms with Crippen molar-refractivity contribution in [1.82, 2.24) is 0 Å². The average Bonchev–Trinajstić information content (AvgIpc) is 2.85. The first kappa shape index (κ1) is 10.9. The Bertz CT molecular complexity index is 435. The van der Waals surface area contributed by atoms with Crippen molar-refractivity contribution in [1.29, 1.82) is 0 Å². The molecule has 1 aliphatic rings. The molecule has 0 spiro atoms. The Morgan fingerprint density at radius 1 is 1.00 bits per heavy atom. The Hall–Kier alpha value is -0.573. The SMILES string of the molecule is [Li+].c1ccc2c(c1)cc[c-]2C1CCCC1. The van der Waals surface area contributed by atoms with E-state index < -0.39 is 0 Å². The van der Waals surface area contributed by atoms with Crippen LogP contribution in [0, 0.1) is 0 Å². The molecule has 72 valence electrons. The van der Waals surface area contributed by atoms with E-state index in [1.165, 1.54) is 36.5 Å². The molecule has 0 atom stereocenters. The van der Waals surface area contributed by atoms with Crippen LogP contribution in [-0.4, -0.2) is 0 Å². The van der Waals surface area contributed by atoms with Crippen LogP contribution in [-0.2, 0) is 0 Å². The second kappa shape index (κ2) is 4.52. The standard InChI is InChI=1S/C14H15.Li/c1-2-6-11(5-1)14-10-9-12-7-3-4-8-13(12)14;/h3-4,7-11H,1-2,5-6H2;/q-1;+1. The van der Waals surface area contributed by atoms with E-state index in [4.69, 9.17) is 0 Å². The van der Waals surface area contributed by atoms with E-state index in [-0.39, 0.29) is 18.9 Å². The Balaban J connectivity index is 0.000000853. The molecule has 3 rings (SSSR count). The summed E-state index contributed by atoms with van der Waals surface area (Å²) in [6.45, 7) is 0. The Morgan fingerprint density at radius 2 is 1.73 bits per heavy atom. The normalized spacial score (nSPS) is 16.8. The van der Waals surface area contributed by atoms with Gasteiger partial charge in [0.05, 0.1) is 0 Å². The summed E-state index contributed by atoms with van der Waals surface area (Å²) in [6.07, 6.45) is 5.64. The summed E-state index contributed by atoms with van der Waals surface area (Å²) in [7, 11) is 0. The van der Waals surface area contributed by atoms with Crippen LogP contribution in [0.25, 0.3) is 10.8 Å². The van der Waals surface area contributed by atoms with Crippen molar-refractivity contribution < 1.29 is 18.9 Å². The van der Waals surface area contributed by atoms with Gasteiger partial charge < -0.3 is 0 Å². The molecule has 2 aromatic carbocycles. The van der Waals surface area contributed by atoms with E-state index >= 15 is 0 Å². The van der Waals surface area contributed by atoms with Crippen LogP contribution in [0.1, 0.15) is 37.2 Å². The van der Waals surface area contributed by atoms with Crippen molar-refractivity contribution in [3.63, 3.8) is 0 Å². The van der Waals surface area contributed by atoms with Gasteiger partial charge in [-0.25, -0.2) is 0 Å². The monoisotopic (exact) mass is 190 g/mol. The first-order chi connectivity index (χ1) is 6.95. The maximum Gasteiger partial charge on any atom is 1.00 e. The van der Waals surface area contributed by atoms with Gasteiger partial charge in [-0.3, -0.25) is 0 Å². The van der Waals surface area contributed by atoms with E-state index in [0.29, 0.717) is 0 Å². The van der Waals surface area contributed by atoms with Gasteiger partial charge in [0.15, 0.2) is 0 Å². The predicted octanol–water partition coefficient (Wildman–Crippen LogP) is 1.22. The third kappa shape index (κ3) is 1.89. The van der Waals surface area contributed by atoms with Gasteiger partial charge in [0.25, 0.3) is 0 Å². The van der Waals surface area contributed by atoms with Crippen LogP contribution in [0.5, 0.6) is 0 Å². The summed E-state index contributed by atoms with van der Waals surface area (Å²) in [5, 5.41) is 2.90. The molecule has 0 aliphatic heterocycles. The molecule has 1 saturated carbocycles. The summed E-state index contributed by atoms with van der Waals surface area (Å²) in [5.74, 6) is 0.842. The average molecular weight is 190 g/mol. The summed E-state index contributed by atoms with van der Waals surface area (Å²) >= 11 is 0. The third-order valence-corrected chi connectivity index (χ3v) is 3.51. The van der Waals surface area contributed by atoms with Gasteiger partial charge in [0.1, 0.15) is 0 Å². The summed E-state index contributed by atoms with van der Waals surface area (Å²) in [4.78, 5) is 0. The van der Waals surface area contributed by atoms with Gasteiger partial charge in [-0.1, -0.05) is 37.7 Å². The van der Waals surface area contributed by atoms with Crippen LogP contribution in [0.2, 0.25) is 0 Å². The van der Waals surface area contributed by atoms with Crippen LogP contribution in [0.15, 0.2) is 36.4 Å². The minimum absolute atomic E-state index is 0. The molecule has 15 heavy (non-hydrogen) atoms. The Labute approximate surface area is 103 Å². The first-order valence-electron chi connectivity index (χ1n) is 5.59. The number of hydrogen-bond donors (Lipinski definition) is 0. The molecule has 1 aliphatic carbocycles. The molecule has 0 N–H and O–H groups in total.